The predicted octanol–water partition coefficient (Wildman–Crippen LogP) is 4.38. The monoisotopic (exact) mass is 422 g/mol. The molecule has 30 heavy (non-hydrogen) atoms. The first-order valence-corrected chi connectivity index (χ1v) is 10.3. The minimum absolute atomic E-state index is 0.112. The van der Waals surface area contributed by atoms with Gasteiger partial charge in [0.1, 0.15) is 11.6 Å². The number of benzene rings is 2. The molecule has 4 rings (SSSR count). The zero-order chi connectivity index (χ0) is 20.9. The van der Waals surface area contributed by atoms with E-state index < -0.39 is 0 Å². The van der Waals surface area contributed by atoms with Crippen LogP contribution in [0.25, 0.3) is 17.1 Å². The second-order valence-electron chi connectivity index (χ2n) is 6.56. The number of rotatable bonds is 7. The van der Waals surface area contributed by atoms with Crippen LogP contribution >= 0.6 is 11.8 Å². The maximum atomic E-state index is 13.4. The van der Waals surface area contributed by atoms with Gasteiger partial charge in [0, 0.05) is 12.2 Å². The van der Waals surface area contributed by atoms with Crippen LogP contribution in [0, 0.1) is 12.7 Å². The molecular weight excluding hydrogens is 403 g/mol. The third-order valence-electron chi connectivity index (χ3n) is 4.48. The summed E-state index contributed by atoms with van der Waals surface area (Å²) in [4.78, 5) is 12.3. The summed E-state index contributed by atoms with van der Waals surface area (Å²) in [6.07, 6.45) is 1.58. The molecule has 0 saturated heterocycles. The highest BCUT2D eigenvalue weighted by Crippen LogP contribution is 2.30. The molecule has 2 aromatic heterocycles. The summed E-state index contributed by atoms with van der Waals surface area (Å²) >= 11 is 1.27. The molecule has 0 bridgehead atoms. The van der Waals surface area contributed by atoms with E-state index in [4.69, 9.17) is 4.42 Å². The Morgan fingerprint density at radius 2 is 1.87 bits per heavy atom. The number of hydrogen-bond donors (Lipinski definition) is 1. The van der Waals surface area contributed by atoms with Crippen LogP contribution in [0.5, 0.6) is 0 Å². The van der Waals surface area contributed by atoms with Crippen molar-refractivity contribution in [3.05, 3.63) is 84.1 Å². The maximum Gasteiger partial charge on any atom is 0.230 e. The predicted molar refractivity (Wildman–Crippen MR) is 113 cm³/mol. The first-order chi connectivity index (χ1) is 14.6. The zero-order valence-corrected chi connectivity index (χ0v) is 17.0. The molecule has 8 heteroatoms. The minimum Gasteiger partial charge on any atom is -0.469 e. The van der Waals surface area contributed by atoms with Crippen LogP contribution in [0.1, 0.15) is 11.3 Å². The highest BCUT2D eigenvalue weighted by molar-refractivity contribution is 7.99. The van der Waals surface area contributed by atoms with Gasteiger partial charge in [-0.25, -0.2) is 4.39 Å². The number of nitrogens with zero attached hydrogens (tertiary/aromatic N) is 3. The lowest BCUT2D eigenvalue weighted by Crippen LogP contribution is -2.24. The lowest BCUT2D eigenvalue weighted by molar-refractivity contribution is -0.118. The molecule has 0 aliphatic heterocycles. The van der Waals surface area contributed by atoms with E-state index in [1.165, 1.54) is 23.9 Å². The number of nitrogens with one attached hydrogen (secondary N) is 1. The standard InChI is InChI=1S/C22H19FN4O2S/c1-15-19(11-12-29-15)21-25-26-22(27(21)18-9-7-17(23)8-10-18)30-14-20(28)24-13-16-5-3-2-4-6-16/h2-12H,13-14H2,1H3,(H,24,28). The smallest absolute Gasteiger partial charge is 0.230 e. The second-order valence-corrected chi connectivity index (χ2v) is 7.50. The van der Waals surface area contributed by atoms with Gasteiger partial charge < -0.3 is 9.73 Å². The molecule has 0 radical (unpaired) electrons. The van der Waals surface area contributed by atoms with E-state index in [-0.39, 0.29) is 17.5 Å². The van der Waals surface area contributed by atoms with Gasteiger partial charge in [-0.3, -0.25) is 9.36 Å². The molecule has 0 aliphatic carbocycles. The zero-order valence-electron chi connectivity index (χ0n) is 16.2. The first-order valence-electron chi connectivity index (χ1n) is 9.31. The number of amides is 1. The van der Waals surface area contributed by atoms with Crippen molar-refractivity contribution in [3.8, 4) is 17.1 Å². The molecule has 0 fully saturated rings. The van der Waals surface area contributed by atoms with Crippen LogP contribution in [0.3, 0.4) is 0 Å². The number of aromatic nitrogens is 3. The fourth-order valence-electron chi connectivity index (χ4n) is 2.96. The van der Waals surface area contributed by atoms with Crippen molar-refractivity contribution < 1.29 is 13.6 Å². The largest absolute Gasteiger partial charge is 0.469 e. The summed E-state index contributed by atoms with van der Waals surface area (Å²) in [5.41, 5.74) is 2.51. The summed E-state index contributed by atoms with van der Waals surface area (Å²) < 4.78 is 20.6. The number of hydrogen-bond acceptors (Lipinski definition) is 5. The second kappa shape index (κ2) is 8.96. The molecule has 4 aromatic rings. The van der Waals surface area contributed by atoms with Gasteiger partial charge in [-0.05, 0) is 42.8 Å². The average Bonchev–Trinajstić information content (AvgIpc) is 3.37. The molecule has 1 amide bonds. The average molecular weight is 422 g/mol. The van der Waals surface area contributed by atoms with Gasteiger partial charge in [0.15, 0.2) is 11.0 Å². The van der Waals surface area contributed by atoms with Crippen LogP contribution in [-0.4, -0.2) is 26.4 Å². The molecule has 0 unspecified atom stereocenters. The van der Waals surface area contributed by atoms with E-state index in [1.54, 1.807) is 29.0 Å². The highest BCUT2D eigenvalue weighted by atomic mass is 32.2. The number of aryl methyl sites for hydroxylation is 1. The fraction of sp³-hybridized carbons (Fsp3) is 0.136. The molecule has 0 spiro atoms. The quantitative estimate of drug-likeness (QED) is 0.448. The molecule has 2 heterocycles. The van der Waals surface area contributed by atoms with Gasteiger partial charge >= 0.3 is 0 Å². The molecule has 152 valence electrons. The Kier molecular flexibility index (Phi) is 5.94. The lowest BCUT2D eigenvalue weighted by Gasteiger charge is -2.10. The van der Waals surface area contributed by atoms with Crippen molar-refractivity contribution in [2.75, 3.05) is 5.75 Å². The topological polar surface area (TPSA) is 72.9 Å². The SMILES string of the molecule is Cc1occc1-c1nnc(SCC(=O)NCc2ccccc2)n1-c1ccc(F)cc1. The maximum absolute atomic E-state index is 13.4. The van der Waals surface area contributed by atoms with Crippen molar-refractivity contribution in [2.24, 2.45) is 0 Å². The van der Waals surface area contributed by atoms with Gasteiger partial charge in [0.25, 0.3) is 0 Å². The van der Waals surface area contributed by atoms with E-state index in [1.807, 2.05) is 37.3 Å². The number of thioether (sulfide) groups is 1. The number of halogens is 1. The van der Waals surface area contributed by atoms with Crippen LogP contribution in [-0.2, 0) is 11.3 Å². The van der Waals surface area contributed by atoms with Crippen molar-refractivity contribution >= 4 is 17.7 Å². The third-order valence-corrected chi connectivity index (χ3v) is 5.41. The van der Waals surface area contributed by atoms with Gasteiger partial charge in [-0.15, -0.1) is 10.2 Å². The van der Waals surface area contributed by atoms with Gasteiger partial charge in [-0.1, -0.05) is 42.1 Å². The van der Waals surface area contributed by atoms with Crippen molar-refractivity contribution in [3.63, 3.8) is 0 Å². The lowest BCUT2D eigenvalue weighted by atomic mass is 10.2. The third kappa shape index (κ3) is 4.44. The molecule has 2 aromatic carbocycles. The summed E-state index contributed by atoms with van der Waals surface area (Å²) in [6.45, 7) is 2.30. The summed E-state index contributed by atoms with van der Waals surface area (Å²) in [7, 11) is 0. The number of carbonyl (C=O) groups excluding carboxylic acids is 1. The molecule has 0 atom stereocenters. The Bertz CT molecular complexity index is 1140. The Morgan fingerprint density at radius 1 is 1.10 bits per heavy atom. The summed E-state index contributed by atoms with van der Waals surface area (Å²) in [6, 6.07) is 17.6. The minimum atomic E-state index is -0.331. The molecule has 6 nitrogen and oxygen atoms in total. The van der Waals surface area contributed by atoms with E-state index in [2.05, 4.69) is 15.5 Å². The van der Waals surface area contributed by atoms with Gasteiger partial charge in [0.05, 0.1) is 17.6 Å². The Balaban J connectivity index is 1.54. The van der Waals surface area contributed by atoms with Gasteiger partial charge in [-0.2, -0.15) is 0 Å². The normalized spacial score (nSPS) is 10.9. The molecule has 0 aliphatic rings. The first kappa shape index (κ1) is 19.9. The Morgan fingerprint density at radius 3 is 2.57 bits per heavy atom. The van der Waals surface area contributed by atoms with E-state index in [9.17, 15) is 9.18 Å². The van der Waals surface area contributed by atoms with Gasteiger partial charge in [0.2, 0.25) is 5.91 Å². The van der Waals surface area contributed by atoms with E-state index in [0.717, 1.165) is 11.1 Å². The van der Waals surface area contributed by atoms with Crippen LogP contribution in [0.2, 0.25) is 0 Å². The molecule has 0 saturated carbocycles. The van der Waals surface area contributed by atoms with Crippen molar-refractivity contribution in [1.82, 2.24) is 20.1 Å². The Hall–Kier alpha value is -3.39. The number of carbonyl (C=O) groups is 1. The van der Waals surface area contributed by atoms with Crippen LogP contribution < -0.4 is 5.32 Å². The molecular formula is C22H19FN4O2S. The Labute approximate surface area is 177 Å². The van der Waals surface area contributed by atoms with E-state index in [0.29, 0.717) is 29.0 Å². The summed E-state index contributed by atoms with van der Waals surface area (Å²) in [5.74, 6) is 1.00. The van der Waals surface area contributed by atoms with Crippen molar-refractivity contribution in [1.29, 1.82) is 0 Å². The van der Waals surface area contributed by atoms with Crippen molar-refractivity contribution in [2.45, 2.75) is 18.6 Å². The highest BCUT2D eigenvalue weighted by Gasteiger charge is 2.19. The number of furan rings is 1. The van der Waals surface area contributed by atoms with Crippen LogP contribution in [0.4, 0.5) is 4.39 Å². The molecule has 1 N–H and O–H groups in total. The summed E-state index contributed by atoms with van der Waals surface area (Å²) in [5, 5.41) is 12.0. The fourth-order valence-corrected chi connectivity index (χ4v) is 3.74. The van der Waals surface area contributed by atoms with E-state index >= 15 is 0 Å². The van der Waals surface area contributed by atoms with Crippen LogP contribution in [0.15, 0.2) is 76.5 Å².